The Bertz CT molecular complexity index is 772. The summed E-state index contributed by atoms with van der Waals surface area (Å²) in [5.41, 5.74) is 8.00. The molecule has 2 N–H and O–H groups in total. The van der Waals surface area contributed by atoms with Crippen LogP contribution >= 0.6 is 11.3 Å². The summed E-state index contributed by atoms with van der Waals surface area (Å²) in [6, 6.07) is 7.76. The van der Waals surface area contributed by atoms with E-state index in [1.165, 1.54) is 11.8 Å². The van der Waals surface area contributed by atoms with Crippen molar-refractivity contribution in [1.29, 1.82) is 0 Å². The van der Waals surface area contributed by atoms with Gasteiger partial charge < -0.3 is 15.2 Å². The number of hydrogen-bond donors (Lipinski definition) is 1. The second-order valence-electron chi connectivity index (χ2n) is 4.47. The highest BCUT2D eigenvalue weighted by Gasteiger charge is 2.20. The molecule has 3 rings (SSSR count). The monoisotopic (exact) mass is 301 g/mol. The standard InChI is InChI=1S/C15H15N3O2S/c1-19-12-7-17-14(15(18-12)20-2)13(16)10-8-21-11-6-4-3-5-9(10)11/h3-8,13H,16H2,1-2H3. The number of fused-ring (bicyclic) bond motifs is 1. The van der Waals surface area contributed by atoms with E-state index in [9.17, 15) is 0 Å². The fraction of sp³-hybridized carbons (Fsp3) is 0.200. The van der Waals surface area contributed by atoms with Crippen molar-refractivity contribution in [3.8, 4) is 11.8 Å². The average Bonchev–Trinajstić information content (AvgIpc) is 2.97. The quantitative estimate of drug-likeness (QED) is 0.802. The predicted molar refractivity (Wildman–Crippen MR) is 83.0 cm³/mol. The molecule has 0 aliphatic heterocycles. The van der Waals surface area contributed by atoms with Gasteiger partial charge in [0, 0.05) is 4.70 Å². The first-order valence-electron chi connectivity index (χ1n) is 6.41. The number of rotatable bonds is 4. The van der Waals surface area contributed by atoms with E-state index in [4.69, 9.17) is 15.2 Å². The highest BCUT2D eigenvalue weighted by atomic mass is 32.1. The van der Waals surface area contributed by atoms with Gasteiger partial charge in [0.2, 0.25) is 11.8 Å². The molecule has 0 aliphatic rings. The molecular formula is C15H15N3O2S. The molecule has 21 heavy (non-hydrogen) atoms. The van der Waals surface area contributed by atoms with Crippen molar-refractivity contribution in [2.75, 3.05) is 14.2 Å². The van der Waals surface area contributed by atoms with Gasteiger partial charge in [0.1, 0.15) is 5.69 Å². The molecule has 0 saturated heterocycles. The van der Waals surface area contributed by atoms with Gasteiger partial charge in [-0.1, -0.05) is 18.2 Å². The first kappa shape index (κ1) is 13.8. The van der Waals surface area contributed by atoms with Crippen molar-refractivity contribution in [1.82, 2.24) is 9.97 Å². The second kappa shape index (κ2) is 5.67. The lowest BCUT2D eigenvalue weighted by molar-refractivity contribution is 0.355. The molecular weight excluding hydrogens is 286 g/mol. The van der Waals surface area contributed by atoms with Gasteiger partial charge in [-0.15, -0.1) is 11.3 Å². The summed E-state index contributed by atoms with van der Waals surface area (Å²) in [4.78, 5) is 8.59. The summed E-state index contributed by atoms with van der Waals surface area (Å²) in [5, 5.41) is 3.19. The Kier molecular flexibility index (Phi) is 3.72. The second-order valence-corrected chi connectivity index (χ2v) is 5.38. The SMILES string of the molecule is COc1cnc(C(N)c2csc3ccccc23)c(OC)n1. The van der Waals surface area contributed by atoms with E-state index in [1.54, 1.807) is 24.6 Å². The van der Waals surface area contributed by atoms with Crippen molar-refractivity contribution in [2.24, 2.45) is 5.73 Å². The molecule has 2 aromatic heterocycles. The van der Waals surface area contributed by atoms with Crippen LogP contribution in [0, 0.1) is 0 Å². The summed E-state index contributed by atoms with van der Waals surface area (Å²) in [6.07, 6.45) is 1.55. The van der Waals surface area contributed by atoms with Crippen LogP contribution in [0.3, 0.4) is 0 Å². The third-order valence-corrected chi connectivity index (χ3v) is 4.27. The topological polar surface area (TPSA) is 70.3 Å². The molecule has 0 fully saturated rings. The van der Waals surface area contributed by atoms with Crippen molar-refractivity contribution in [3.63, 3.8) is 0 Å². The van der Waals surface area contributed by atoms with Crippen molar-refractivity contribution >= 4 is 21.4 Å². The van der Waals surface area contributed by atoms with Crippen LogP contribution in [0.15, 0.2) is 35.8 Å². The largest absolute Gasteiger partial charge is 0.480 e. The number of benzene rings is 1. The lowest BCUT2D eigenvalue weighted by atomic mass is 10.0. The van der Waals surface area contributed by atoms with Gasteiger partial charge in [-0.25, -0.2) is 4.98 Å². The number of thiophene rings is 1. The van der Waals surface area contributed by atoms with Gasteiger partial charge in [-0.3, -0.25) is 0 Å². The molecule has 0 amide bonds. The lowest BCUT2D eigenvalue weighted by Gasteiger charge is -2.14. The Morgan fingerprint density at radius 1 is 1.19 bits per heavy atom. The highest BCUT2D eigenvalue weighted by molar-refractivity contribution is 7.17. The molecule has 0 radical (unpaired) electrons. The normalized spacial score (nSPS) is 12.3. The fourth-order valence-electron chi connectivity index (χ4n) is 2.21. The molecule has 3 aromatic rings. The van der Waals surface area contributed by atoms with Crippen LogP contribution < -0.4 is 15.2 Å². The van der Waals surface area contributed by atoms with Crippen molar-refractivity contribution < 1.29 is 9.47 Å². The molecule has 0 saturated carbocycles. The molecule has 6 heteroatoms. The molecule has 0 aliphatic carbocycles. The minimum absolute atomic E-state index is 0.386. The van der Waals surface area contributed by atoms with Gasteiger partial charge in [0.05, 0.1) is 26.5 Å². The maximum atomic E-state index is 6.38. The number of ether oxygens (including phenoxy) is 2. The molecule has 108 valence electrons. The molecule has 1 aromatic carbocycles. The van der Waals surface area contributed by atoms with Crippen LogP contribution in [0.25, 0.3) is 10.1 Å². The highest BCUT2D eigenvalue weighted by Crippen LogP contribution is 2.34. The van der Waals surface area contributed by atoms with E-state index in [0.29, 0.717) is 17.5 Å². The Morgan fingerprint density at radius 3 is 2.76 bits per heavy atom. The van der Waals surface area contributed by atoms with E-state index in [1.807, 2.05) is 12.1 Å². The molecule has 5 nitrogen and oxygen atoms in total. The molecule has 0 spiro atoms. The van der Waals surface area contributed by atoms with Gasteiger partial charge in [-0.05, 0) is 22.4 Å². The Morgan fingerprint density at radius 2 is 2.00 bits per heavy atom. The molecule has 0 bridgehead atoms. The Hall–Kier alpha value is -2.18. The zero-order valence-electron chi connectivity index (χ0n) is 11.7. The van der Waals surface area contributed by atoms with E-state index < -0.39 is 6.04 Å². The van der Waals surface area contributed by atoms with Gasteiger partial charge in [-0.2, -0.15) is 4.98 Å². The first-order chi connectivity index (χ1) is 10.2. The van der Waals surface area contributed by atoms with Gasteiger partial charge >= 0.3 is 0 Å². The molecule has 2 heterocycles. The first-order valence-corrected chi connectivity index (χ1v) is 7.29. The van der Waals surface area contributed by atoms with E-state index in [-0.39, 0.29) is 0 Å². The number of aromatic nitrogens is 2. The maximum absolute atomic E-state index is 6.38. The van der Waals surface area contributed by atoms with Gasteiger partial charge in [0.15, 0.2) is 0 Å². The predicted octanol–water partition coefficient (Wildman–Crippen LogP) is 2.76. The van der Waals surface area contributed by atoms with Crippen LogP contribution in [-0.4, -0.2) is 24.2 Å². The van der Waals surface area contributed by atoms with Crippen LogP contribution in [0.4, 0.5) is 0 Å². The summed E-state index contributed by atoms with van der Waals surface area (Å²) in [7, 11) is 3.08. The number of nitrogens with two attached hydrogens (primary N) is 1. The average molecular weight is 301 g/mol. The minimum Gasteiger partial charge on any atom is -0.480 e. The van der Waals surface area contributed by atoms with Crippen molar-refractivity contribution in [3.05, 3.63) is 47.1 Å². The number of nitrogens with zero attached hydrogens (tertiary/aromatic N) is 2. The molecule has 1 atom stereocenters. The summed E-state index contributed by atoms with van der Waals surface area (Å²) in [5.74, 6) is 0.787. The summed E-state index contributed by atoms with van der Waals surface area (Å²) in [6.45, 7) is 0. The van der Waals surface area contributed by atoms with Crippen LogP contribution in [0.1, 0.15) is 17.3 Å². The van der Waals surface area contributed by atoms with E-state index >= 15 is 0 Å². The third-order valence-electron chi connectivity index (χ3n) is 3.29. The Labute approximate surface area is 126 Å². The Balaban J connectivity index is 2.07. The maximum Gasteiger partial charge on any atom is 0.240 e. The minimum atomic E-state index is -0.394. The lowest BCUT2D eigenvalue weighted by Crippen LogP contribution is -2.15. The van der Waals surface area contributed by atoms with Crippen molar-refractivity contribution in [2.45, 2.75) is 6.04 Å². The zero-order chi connectivity index (χ0) is 14.8. The molecule has 1 unspecified atom stereocenters. The fourth-order valence-corrected chi connectivity index (χ4v) is 3.21. The van der Waals surface area contributed by atoms with E-state index in [2.05, 4.69) is 27.5 Å². The van der Waals surface area contributed by atoms with Crippen LogP contribution in [-0.2, 0) is 0 Å². The smallest absolute Gasteiger partial charge is 0.240 e. The number of hydrogen-bond acceptors (Lipinski definition) is 6. The third kappa shape index (κ3) is 2.43. The van der Waals surface area contributed by atoms with E-state index in [0.717, 1.165) is 10.9 Å². The van der Waals surface area contributed by atoms with Crippen LogP contribution in [0.5, 0.6) is 11.8 Å². The summed E-state index contributed by atoms with van der Waals surface area (Å²) < 4.78 is 11.5. The zero-order valence-corrected chi connectivity index (χ0v) is 12.6. The number of methoxy groups -OCH3 is 2. The van der Waals surface area contributed by atoms with Gasteiger partial charge in [0.25, 0.3) is 0 Å². The summed E-state index contributed by atoms with van der Waals surface area (Å²) >= 11 is 1.66. The van der Waals surface area contributed by atoms with Crippen LogP contribution in [0.2, 0.25) is 0 Å².